The zero-order valence-electron chi connectivity index (χ0n) is 12.2. The number of pyridine rings is 1. The molecule has 4 rings (SSSR count). The Hall–Kier alpha value is -2.47. The number of hydrogen-bond acceptors (Lipinski definition) is 4. The predicted octanol–water partition coefficient (Wildman–Crippen LogP) is 1.48. The minimum atomic E-state index is -3.48. The molecule has 0 aliphatic heterocycles. The molecule has 0 radical (unpaired) electrons. The van der Waals surface area contributed by atoms with Crippen molar-refractivity contribution in [2.24, 2.45) is 0 Å². The average molecular weight is 326 g/mol. The molecule has 3 aliphatic rings. The van der Waals surface area contributed by atoms with E-state index in [1.807, 2.05) is 12.2 Å². The predicted molar refractivity (Wildman–Crippen MR) is 85.2 cm³/mol. The van der Waals surface area contributed by atoms with Gasteiger partial charge < -0.3 is 5.32 Å². The molecule has 0 spiro atoms. The van der Waals surface area contributed by atoms with Gasteiger partial charge in [-0.2, -0.15) is 0 Å². The lowest BCUT2D eigenvalue weighted by molar-refractivity contribution is -0.117. The fourth-order valence-electron chi connectivity index (χ4n) is 2.86. The fourth-order valence-corrected chi connectivity index (χ4v) is 3.95. The van der Waals surface area contributed by atoms with Crippen molar-refractivity contribution < 1.29 is 13.2 Å². The third-order valence-electron chi connectivity index (χ3n) is 4.13. The average Bonchev–Trinajstić information content (AvgIpc) is 3.03. The molecule has 5 nitrogen and oxygen atoms in total. The van der Waals surface area contributed by atoms with Crippen molar-refractivity contribution in [3.8, 4) is 0 Å². The summed E-state index contributed by atoms with van der Waals surface area (Å²) < 4.78 is 24.2. The molecule has 1 saturated carbocycles. The van der Waals surface area contributed by atoms with Gasteiger partial charge in [-0.25, -0.2) is 13.4 Å². The van der Waals surface area contributed by atoms with Crippen LogP contribution in [0.3, 0.4) is 0 Å². The van der Waals surface area contributed by atoms with Crippen LogP contribution < -0.4 is 5.32 Å². The van der Waals surface area contributed by atoms with Gasteiger partial charge in [-0.3, -0.25) is 4.79 Å². The van der Waals surface area contributed by atoms with Crippen LogP contribution in [0.1, 0.15) is 6.42 Å². The number of rotatable bonds is 5. The van der Waals surface area contributed by atoms with Crippen LogP contribution in [-0.4, -0.2) is 31.6 Å². The molecule has 1 aromatic rings. The molecule has 1 amide bonds. The van der Waals surface area contributed by atoms with Crippen LogP contribution in [0.4, 0.5) is 0 Å². The number of allylic oxidation sites excluding steroid dienone is 6. The Morgan fingerprint density at radius 1 is 1.22 bits per heavy atom. The van der Waals surface area contributed by atoms with Crippen LogP contribution in [0, 0.1) is 0 Å². The smallest absolute Gasteiger partial charge is 0.251 e. The molecule has 0 unspecified atom stereocenters. The lowest BCUT2D eigenvalue weighted by atomic mass is 10.1. The van der Waals surface area contributed by atoms with Crippen molar-refractivity contribution >= 4 is 15.7 Å². The second-order valence-corrected chi connectivity index (χ2v) is 7.70. The van der Waals surface area contributed by atoms with Crippen LogP contribution in [0.15, 0.2) is 75.5 Å². The normalized spacial score (nSPS) is 18.0. The standard InChI is InChI=1S/C17H14N2O3S/c20-17(13-5-4-12-14-9-11(14)10-15(12)13)19-7-8-23(21,22)16-3-1-2-6-18-16/h1-6,10H,7-9H2,(H,19,20). The van der Waals surface area contributed by atoms with Gasteiger partial charge in [0, 0.05) is 18.3 Å². The molecule has 1 aromatic heterocycles. The van der Waals surface area contributed by atoms with Crippen LogP contribution in [0.2, 0.25) is 0 Å². The third-order valence-corrected chi connectivity index (χ3v) is 5.75. The van der Waals surface area contributed by atoms with E-state index in [0.717, 1.165) is 17.6 Å². The maximum atomic E-state index is 12.2. The molecule has 116 valence electrons. The zero-order chi connectivity index (χ0) is 16.0. The maximum absolute atomic E-state index is 12.2. The number of fused-ring (bicyclic) bond motifs is 2. The number of sulfone groups is 1. The van der Waals surface area contributed by atoms with Gasteiger partial charge in [0.05, 0.1) is 5.75 Å². The summed E-state index contributed by atoms with van der Waals surface area (Å²) in [7, 11) is -3.48. The van der Waals surface area contributed by atoms with E-state index in [-0.39, 0.29) is 23.2 Å². The molecule has 1 N–H and O–H groups in total. The zero-order valence-corrected chi connectivity index (χ0v) is 13.1. The summed E-state index contributed by atoms with van der Waals surface area (Å²) in [6.07, 6.45) is 8.27. The molecule has 0 bridgehead atoms. The van der Waals surface area contributed by atoms with Crippen molar-refractivity contribution in [3.63, 3.8) is 0 Å². The Balaban J connectivity index is 1.40. The second kappa shape index (κ2) is 5.03. The highest BCUT2D eigenvalue weighted by Crippen LogP contribution is 2.51. The van der Waals surface area contributed by atoms with E-state index < -0.39 is 9.84 Å². The Morgan fingerprint density at radius 3 is 2.87 bits per heavy atom. The number of hydrogen-bond donors (Lipinski definition) is 1. The second-order valence-electron chi connectivity index (χ2n) is 5.64. The number of nitrogens with one attached hydrogen (secondary N) is 1. The summed E-state index contributed by atoms with van der Waals surface area (Å²) in [6.45, 7) is 0.0604. The lowest BCUT2D eigenvalue weighted by Crippen LogP contribution is -2.30. The highest BCUT2D eigenvalue weighted by atomic mass is 32.2. The molecule has 0 atom stereocenters. The SMILES string of the molecule is O=C(NCCS(=O)(=O)c1ccccn1)C1=C2C=C3CC3=C2C=C1. The molecule has 3 aliphatic carbocycles. The van der Waals surface area contributed by atoms with Gasteiger partial charge in [-0.1, -0.05) is 12.1 Å². The first-order valence-corrected chi connectivity index (χ1v) is 9.00. The third kappa shape index (κ3) is 2.45. The number of nitrogens with zero attached hydrogens (tertiary/aromatic N) is 1. The van der Waals surface area contributed by atoms with Gasteiger partial charge >= 0.3 is 0 Å². The van der Waals surface area contributed by atoms with Crippen molar-refractivity contribution in [2.45, 2.75) is 11.4 Å². The molecule has 23 heavy (non-hydrogen) atoms. The Labute approximate surface area is 134 Å². The summed E-state index contributed by atoms with van der Waals surface area (Å²) >= 11 is 0. The van der Waals surface area contributed by atoms with E-state index in [9.17, 15) is 13.2 Å². The number of carbonyl (C=O) groups excluding carboxylic acids is 1. The number of aromatic nitrogens is 1. The van der Waals surface area contributed by atoms with Crippen LogP contribution in [0.25, 0.3) is 0 Å². The van der Waals surface area contributed by atoms with E-state index in [1.165, 1.54) is 23.4 Å². The molecular formula is C17H14N2O3S. The quantitative estimate of drug-likeness (QED) is 0.889. The van der Waals surface area contributed by atoms with Crippen molar-refractivity contribution in [3.05, 3.63) is 70.5 Å². The summed E-state index contributed by atoms with van der Waals surface area (Å²) in [5.74, 6) is -0.405. The van der Waals surface area contributed by atoms with Gasteiger partial charge in [0.15, 0.2) is 14.9 Å². The van der Waals surface area contributed by atoms with Crippen molar-refractivity contribution in [2.75, 3.05) is 12.3 Å². The molecular weight excluding hydrogens is 312 g/mol. The van der Waals surface area contributed by atoms with E-state index in [1.54, 1.807) is 18.2 Å². The number of amides is 1. The summed E-state index contributed by atoms with van der Waals surface area (Å²) in [6, 6.07) is 4.74. The highest BCUT2D eigenvalue weighted by molar-refractivity contribution is 7.91. The number of carbonyl (C=O) groups is 1. The first-order chi connectivity index (χ1) is 11.1. The maximum Gasteiger partial charge on any atom is 0.251 e. The van der Waals surface area contributed by atoms with E-state index in [4.69, 9.17) is 0 Å². The first kappa shape index (κ1) is 14.1. The van der Waals surface area contributed by atoms with Gasteiger partial charge in [-0.05, 0) is 53.0 Å². The van der Waals surface area contributed by atoms with E-state index >= 15 is 0 Å². The van der Waals surface area contributed by atoms with Crippen LogP contribution in [-0.2, 0) is 14.6 Å². The lowest BCUT2D eigenvalue weighted by Gasteiger charge is -2.07. The highest BCUT2D eigenvalue weighted by Gasteiger charge is 2.35. The minimum Gasteiger partial charge on any atom is -0.351 e. The van der Waals surface area contributed by atoms with E-state index in [0.29, 0.717) is 5.57 Å². The Bertz CT molecular complexity index is 935. The largest absolute Gasteiger partial charge is 0.351 e. The minimum absolute atomic E-state index is 0.0321. The van der Waals surface area contributed by atoms with Crippen LogP contribution in [0.5, 0.6) is 0 Å². The van der Waals surface area contributed by atoms with Gasteiger partial charge in [0.2, 0.25) is 0 Å². The summed E-state index contributed by atoms with van der Waals surface area (Å²) in [5, 5.41) is 2.72. The molecule has 6 heteroatoms. The molecule has 1 fully saturated rings. The van der Waals surface area contributed by atoms with Crippen LogP contribution >= 0.6 is 0 Å². The van der Waals surface area contributed by atoms with Gasteiger partial charge in [0.25, 0.3) is 5.91 Å². The monoisotopic (exact) mass is 326 g/mol. The molecule has 0 aromatic carbocycles. The Morgan fingerprint density at radius 2 is 2.09 bits per heavy atom. The topological polar surface area (TPSA) is 76.1 Å². The fraction of sp³-hybridized carbons (Fsp3) is 0.176. The van der Waals surface area contributed by atoms with Crippen molar-refractivity contribution in [1.29, 1.82) is 0 Å². The summed E-state index contributed by atoms with van der Waals surface area (Å²) in [5.41, 5.74) is 5.36. The molecule has 0 saturated heterocycles. The van der Waals surface area contributed by atoms with E-state index in [2.05, 4.69) is 10.3 Å². The van der Waals surface area contributed by atoms with Gasteiger partial charge in [-0.15, -0.1) is 0 Å². The van der Waals surface area contributed by atoms with Crippen molar-refractivity contribution in [1.82, 2.24) is 10.3 Å². The van der Waals surface area contributed by atoms with Gasteiger partial charge in [0.1, 0.15) is 0 Å². The molecule has 1 heterocycles. The Kier molecular flexibility index (Phi) is 3.09. The summed E-state index contributed by atoms with van der Waals surface area (Å²) in [4.78, 5) is 16.1. The first-order valence-electron chi connectivity index (χ1n) is 7.35.